The van der Waals surface area contributed by atoms with Crippen LogP contribution in [0.25, 0.3) is 10.9 Å². The molecule has 24 heavy (non-hydrogen) atoms. The topological polar surface area (TPSA) is 70.2 Å². The van der Waals surface area contributed by atoms with Gasteiger partial charge in [-0.25, -0.2) is 8.42 Å². The zero-order valence-electron chi connectivity index (χ0n) is 12.5. The minimum atomic E-state index is -4.86. The fraction of sp³-hybridized carbons (Fsp3) is 0.400. The molecule has 1 radical (unpaired) electrons. The number of hydrogen-bond acceptors (Lipinski definition) is 3. The van der Waals surface area contributed by atoms with Gasteiger partial charge in [0.25, 0.3) is 5.56 Å². The van der Waals surface area contributed by atoms with Crippen LogP contribution < -0.4 is 5.56 Å². The van der Waals surface area contributed by atoms with E-state index in [1.54, 1.807) is 0 Å². The smallest absolute Gasteiger partial charge is 0.321 e. The number of aromatic amines is 1. The van der Waals surface area contributed by atoms with Gasteiger partial charge in [-0.1, -0.05) is 6.42 Å². The lowest BCUT2D eigenvalue weighted by atomic mass is 10.1. The Morgan fingerprint density at radius 1 is 1.12 bits per heavy atom. The molecule has 1 aromatic carbocycles. The number of halogens is 3. The normalized spacial score (nSPS) is 17.3. The first-order chi connectivity index (χ1) is 11.2. The van der Waals surface area contributed by atoms with E-state index in [9.17, 15) is 26.4 Å². The zero-order chi connectivity index (χ0) is 17.5. The largest absolute Gasteiger partial charge is 0.417 e. The number of nitrogens with one attached hydrogen (secondary N) is 1. The lowest BCUT2D eigenvalue weighted by Gasteiger charge is -2.27. The van der Waals surface area contributed by atoms with Crippen LogP contribution in [-0.4, -0.2) is 30.8 Å². The first-order valence-electron chi connectivity index (χ1n) is 7.36. The van der Waals surface area contributed by atoms with Crippen molar-refractivity contribution in [2.45, 2.75) is 30.3 Å². The molecule has 0 aliphatic carbocycles. The average Bonchev–Trinajstić information content (AvgIpc) is 2.53. The Morgan fingerprint density at radius 3 is 2.42 bits per heavy atom. The van der Waals surface area contributed by atoms with E-state index in [4.69, 9.17) is 0 Å². The molecule has 0 unspecified atom stereocenters. The molecule has 9 heteroatoms. The molecule has 0 amide bonds. The molecular weight excluding hydrogens is 345 g/mol. The van der Waals surface area contributed by atoms with E-state index in [0.29, 0.717) is 18.9 Å². The maximum atomic E-state index is 13.4. The zero-order valence-corrected chi connectivity index (χ0v) is 13.3. The second-order valence-electron chi connectivity index (χ2n) is 5.64. The minimum Gasteiger partial charge on any atom is -0.321 e. The predicted octanol–water partition coefficient (Wildman–Crippen LogP) is 2.52. The Kier molecular flexibility index (Phi) is 4.16. The third-order valence-electron chi connectivity index (χ3n) is 4.00. The number of aromatic nitrogens is 1. The van der Waals surface area contributed by atoms with E-state index >= 15 is 0 Å². The maximum absolute atomic E-state index is 13.4. The van der Waals surface area contributed by atoms with Crippen LogP contribution >= 0.6 is 0 Å². The number of benzene rings is 1. The van der Waals surface area contributed by atoms with Gasteiger partial charge < -0.3 is 4.98 Å². The van der Waals surface area contributed by atoms with Crippen molar-refractivity contribution >= 4 is 20.9 Å². The number of H-pyrrole nitrogens is 1. The summed E-state index contributed by atoms with van der Waals surface area (Å²) < 4.78 is 66.7. The Balaban J connectivity index is 2.25. The van der Waals surface area contributed by atoms with E-state index in [0.717, 1.165) is 16.8 Å². The standard InChI is InChI=1S/C15H14F3N2O3S/c16-15(17,18)11-9-12-10(4-5-14(21)19-12)8-13(11)24(22,23)20-6-2-1-3-7-20/h4,8-9H,1-3,6-7H2,(H,19,21). The van der Waals surface area contributed by atoms with Gasteiger partial charge in [-0.3, -0.25) is 4.79 Å². The fourth-order valence-electron chi connectivity index (χ4n) is 2.80. The molecule has 1 fully saturated rings. The SMILES string of the molecule is O=c1[c]cc2cc(S(=O)(=O)N3CCCCC3)c(C(F)(F)F)cc2[nH]1. The van der Waals surface area contributed by atoms with Gasteiger partial charge in [0.1, 0.15) is 0 Å². The number of piperidine rings is 1. The van der Waals surface area contributed by atoms with Crippen LogP contribution in [0.4, 0.5) is 13.2 Å². The molecule has 1 N–H and O–H groups in total. The highest BCUT2D eigenvalue weighted by molar-refractivity contribution is 7.89. The van der Waals surface area contributed by atoms with Gasteiger partial charge in [0.15, 0.2) is 0 Å². The lowest BCUT2D eigenvalue weighted by molar-refractivity contribution is -0.139. The van der Waals surface area contributed by atoms with Crippen molar-refractivity contribution in [2.75, 3.05) is 13.1 Å². The Bertz CT molecular complexity index is 929. The second-order valence-corrected chi connectivity index (χ2v) is 7.55. The van der Waals surface area contributed by atoms with Crippen molar-refractivity contribution in [1.82, 2.24) is 9.29 Å². The number of rotatable bonds is 2. The molecule has 0 spiro atoms. The van der Waals surface area contributed by atoms with E-state index in [2.05, 4.69) is 11.1 Å². The molecule has 3 rings (SSSR count). The van der Waals surface area contributed by atoms with Crippen LogP contribution in [0.15, 0.2) is 27.9 Å². The van der Waals surface area contributed by atoms with Gasteiger partial charge >= 0.3 is 6.18 Å². The first kappa shape index (κ1) is 17.0. The summed E-state index contributed by atoms with van der Waals surface area (Å²) in [6, 6.07) is 5.09. The average molecular weight is 359 g/mol. The van der Waals surface area contributed by atoms with Gasteiger partial charge in [0, 0.05) is 24.0 Å². The number of sulfonamides is 1. The number of hydrogen-bond donors (Lipinski definition) is 1. The molecule has 129 valence electrons. The minimum absolute atomic E-state index is 0.0799. The molecule has 2 aromatic rings. The third-order valence-corrected chi connectivity index (χ3v) is 5.94. The van der Waals surface area contributed by atoms with Crippen molar-refractivity contribution in [1.29, 1.82) is 0 Å². The van der Waals surface area contributed by atoms with E-state index in [-0.39, 0.29) is 24.0 Å². The van der Waals surface area contributed by atoms with E-state index < -0.39 is 32.2 Å². The molecule has 0 atom stereocenters. The molecule has 2 heterocycles. The quantitative estimate of drug-likeness (QED) is 0.896. The third kappa shape index (κ3) is 3.05. The molecule has 1 aliphatic rings. The van der Waals surface area contributed by atoms with Crippen molar-refractivity contribution in [2.24, 2.45) is 0 Å². The summed E-state index contributed by atoms with van der Waals surface area (Å²) in [6.07, 6.45) is -2.76. The molecule has 1 aliphatic heterocycles. The van der Waals surface area contributed by atoms with Crippen LogP contribution in [0.2, 0.25) is 0 Å². The summed E-state index contributed by atoms with van der Waals surface area (Å²) in [5, 5.41) is 0.179. The Labute approximate surface area is 136 Å². The Hall–Kier alpha value is -1.87. The van der Waals surface area contributed by atoms with E-state index in [1.165, 1.54) is 6.07 Å². The van der Waals surface area contributed by atoms with Gasteiger partial charge in [0.05, 0.1) is 16.5 Å². The van der Waals surface area contributed by atoms with Crippen LogP contribution in [0.1, 0.15) is 24.8 Å². The van der Waals surface area contributed by atoms with E-state index in [1.807, 2.05) is 0 Å². The summed E-state index contributed by atoms with van der Waals surface area (Å²) in [6.45, 7) is 0.408. The van der Waals surface area contributed by atoms with Crippen LogP contribution in [0, 0.1) is 6.07 Å². The highest BCUT2D eigenvalue weighted by Gasteiger charge is 2.39. The van der Waals surface area contributed by atoms with Gasteiger partial charge in [-0.15, -0.1) is 0 Å². The van der Waals surface area contributed by atoms with Crippen LogP contribution in [0.5, 0.6) is 0 Å². The van der Waals surface area contributed by atoms with Crippen LogP contribution in [-0.2, 0) is 16.2 Å². The summed E-state index contributed by atoms with van der Waals surface area (Å²) in [4.78, 5) is 12.7. The lowest BCUT2D eigenvalue weighted by Crippen LogP contribution is -2.36. The number of fused-ring (bicyclic) bond motifs is 1. The summed E-state index contributed by atoms with van der Waals surface area (Å²) in [7, 11) is -4.27. The maximum Gasteiger partial charge on any atom is 0.417 e. The summed E-state index contributed by atoms with van der Waals surface area (Å²) in [5.41, 5.74) is -2.03. The van der Waals surface area contributed by atoms with Gasteiger partial charge in [0.2, 0.25) is 10.0 Å². The predicted molar refractivity (Wildman–Crippen MR) is 81.0 cm³/mol. The first-order valence-corrected chi connectivity index (χ1v) is 8.80. The summed E-state index contributed by atoms with van der Waals surface area (Å²) >= 11 is 0. The molecule has 5 nitrogen and oxygen atoms in total. The van der Waals surface area contributed by atoms with Crippen molar-refractivity contribution in [3.63, 3.8) is 0 Å². The number of pyridine rings is 1. The van der Waals surface area contributed by atoms with Gasteiger partial charge in [-0.05, 0) is 31.0 Å². The van der Waals surface area contributed by atoms with Crippen molar-refractivity contribution < 1.29 is 21.6 Å². The monoisotopic (exact) mass is 359 g/mol. The second kappa shape index (κ2) is 5.89. The van der Waals surface area contributed by atoms with Crippen molar-refractivity contribution in [3.8, 4) is 0 Å². The highest BCUT2D eigenvalue weighted by Crippen LogP contribution is 2.37. The molecule has 0 saturated carbocycles. The Morgan fingerprint density at radius 2 is 1.79 bits per heavy atom. The van der Waals surface area contributed by atoms with Gasteiger partial charge in [-0.2, -0.15) is 17.5 Å². The fourth-order valence-corrected chi connectivity index (χ4v) is 4.55. The highest BCUT2D eigenvalue weighted by atomic mass is 32.2. The summed E-state index contributed by atoms with van der Waals surface area (Å²) in [5.74, 6) is 0. The molecule has 0 bridgehead atoms. The number of alkyl halides is 3. The molecular formula is C15H14F3N2O3S. The molecule has 1 saturated heterocycles. The molecule has 1 aromatic heterocycles. The number of nitrogens with zero attached hydrogens (tertiary/aromatic N) is 1. The van der Waals surface area contributed by atoms with Crippen molar-refractivity contribution in [3.05, 3.63) is 40.2 Å². The van der Waals surface area contributed by atoms with Crippen LogP contribution in [0.3, 0.4) is 0 Å².